The van der Waals surface area contributed by atoms with Crippen LogP contribution in [0, 0.1) is 11.3 Å². The highest BCUT2D eigenvalue weighted by atomic mass is 35.5. The van der Waals surface area contributed by atoms with Crippen LogP contribution in [0.15, 0.2) is 72.8 Å². The molecule has 4 aromatic rings. The Morgan fingerprint density at radius 2 is 1.63 bits per heavy atom. The van der Waals surface area contributed by atoms with Gasteiger partial charge in [0.15, 0.2) is 11.5 Å². The van der Waals surface area contributed by atoms with Gasteiger partial charge in [0.25, 0.3) is 0 Å². The van der Waals surface area contributed by atoms with Crippen molar-refractivity contribution in [2.24, 2.45) is 0 Å². The van der Waals surface area contributed by atoms with Gasteiger partial charge in [-0.05, 0) is 29.8 Å². The maximum Gasteiger partial charge on any atom is 0.169 e. The number of hydrogen-bond acceptors (Lipinski definition) is 3. The third-order valence-electron chi connectivity index (χ3n) is 4.09. The van der Waals surface area contributed by atoms with Crippen molar-refractivity contribution in [3.05, 3.63) is 89.1 Å². The van der Waals surface area contributed by atoms with Crippen LogP contribution in [0.3, 0.4) is 0 Å². The van der Waals surface area contributed by atoms with Crippen molar-refractivity contribution in [1.82, 2.24) is 4.98 Å². The van der Waals surface area contributed by atoms with E-state index in [2.05, 4.69) is 11.1 Å². The first kappa shape index (κ1) is 17.0. The molecular formula is C22H15ClN2O2. The van der Waals surface area contributed by atoms with Crippen LogP contribution in [-0.2, 0) is 6.61 Å². The summed E-state index contributed by atoms with van der Waals surface area (Å²) in [5.74, 6) is 1.77. The van der Waals surface area contributed by atoms with Crippen LogP contribution in [0.1, 0.15) is 11.3 Å². The number of benzene rings is 3. The summed E-state index contributed by atoms with van der Waals surface area (Å²) in [6.07, 6.45) is 0. The molecule has 1 N–H and O–H groups in total. The molecule has 0 amide bonds. The number of aromatic nitrogens is 1. The smallest absolute Gasteiger partial charge is 0.169 e. The summed E-state index contributed by atoms with van der Waals surface area (Å²) >= 11 is 6.21. The largest absolute Gasteiger partial charge is 0.485 e. The monoisotopic (exact) mass is 374 g/mol. The Hall–Kier alpha value is -3.42. The van der Waals surface area contributed by atoms with Crippen LogP contribution in [-0.4, -0.2) is 4.98 Å². The highest BCUT2D eigenvalue weighted by molar-refractivity contribution is 6.31. The molecule has 0 saturated carbocycles. The standard InChI is InChI=1S/C22H15ClN2O2/c23-16-10-19-18(12-17(13-24)25-19)22(11-16)27-21-9-5-4-8-20(21)26-14-15-6-2-1-3-7-15/h1-12,25H,14H2. The van der Waals surface area contributed by atoms with Crippen molar-refractivity contribution >= 4 is 22.5 Å². The van der Waals surface area contributed by atoms with Crippen molar-refractivity contribution in [2.45, 2.75) is 6.61 Å². The van der Waals surface area contributed by atoms with Gasteiger partial charge in [0.05, 0.1) is 5.52 Å². The highest BCUT2D eigenvalue weighted by Crippen LogP contribution is 2.37. The fourth-order valence-electron chi connectivity index (χ4n) is 2.82. The van der Waals surface area contributed by atoms with E-state index < -0.39 is 0 Å². The number of para-hydroxylation sites is 2. The number of H-pyrrole nitrogens is 1. The summed E-state index contributed by atoms with van der Waals surface area (Å²) in [4.78, 5) is 3.02. The molecule has 0 saturated heterocycles. The van der Waals surface area contributed by atoms with Gasteiger partial charge >= 0.3 is 0 Å². The molecule has 0 aliphatic heterocycles. The fraction of sp³-hybridized carbons (Fsp3) is 0.0455. The van der Waals surface area contributed by atoms with Crippen LogP contribution >= 0.6 is 11.6 Å². The third-order valence-corrected chi connectivity index (χ3v) is 4.31. The van der Waals surface area contributed by atoms with E-state index in [9.17, 15) is 0 Å². The topological polar surface area (TPSA) is 58.0 Å². The SMILES string of the molecule is N#Cc1cc2c(Oc3ccccc3OCc3ccccc3)cc(Cl)cc2[nH]1. The Bertz CT molecular complexity index is 1130. The Morgan fingerprint density at radius 1 is 0.889 bits per heavy atom. The number of nitrogens with one attached hydrogen (secondary N) is 1. The number of hydrogen-bond donors (Lipinski definition) is 1. The van der Waals surface area contributed by atoms with Crippen molar-refractivity contribution in [2.75, 3.05) is 0 Å². The van der Waals surface area contributed by atoms with Gasteiger partial charge in [0.2, 0.25) is 0 Å². The molecule has 5 heteroatoms. The predicted molar refractivity (Wildman–Crippen MR) is 105 cm³/mol. The lowest BCUT2D eigenvalue weighted by atomic mass is 10.2. The number of nitrogens with zero attached hydrogens (tertiary/aromatic N) is 1. The van der Waals surface area contributed by atoms with Gasteiger partial charge in [-0.2, -0.15) is 5.26 Å². The molecule has 0 fully saturated rings. The number of halogens is 1. The molecule has 4 nitrogen and oxygen atoms in total. The second-order valence-electron chi connectivity index (χ2n) is 5.98. The molecule has 0 atom stereocenters. The summed E-state index contributed by atoms with van der Waals surface area (Å²) in [5, 5.41) is 10.4. The maximum absolute atomic E-state index is 9.14. The molecule has 1 heterocycles. The fourth-order valence-corrected chi connectivity index (χ4v) is 3.03. The molecule has 4 rings (SSSR count). The van der Waals surface area contributed by atoms with Crippen LogP contribution in [0.2, 0.25) is 5.02 Å². The number of ether oxygens (including phenoxy) is 2. The zero-order chi connectivity index (χ0) is 18.6. The van der Waals surface area contributed by atoms with E-state index in [-0.39, 0.29) is 0 Å². The molecular weight excluding hydrogens is 360 g/mol. The highest BCUT2D eigenvalue weighted by Gasteiger charge is 2.12. The molecule has 0 spiro atoms. The molecule has 0 bridgehead atoms. The summed E-state index contributed by atoms with van der Waals surface area (Å²) in [6, 6.07) is 24.7. The van der Waals surface area contributed by atoms with Gasteiger partial charge in [0, 0.05) is 16.5 Å². The Labute approximate surface area is 161 Å². The van der Waals surface area contributed by atoms with Gasteiger partial charge in [-0.3, -0.25) is 0 Å². The number of aromatic amines is 1. The minimum absolute atomic E-state index is 0.439. The zero-order valence-corrected chi connectivity index (χ0v) is 15.0. The van der Waals surface area contributed by atoms with E-state index >= 15 is 0 Å². The second-order valence-corrected chi connectivity index (χ2v) is 6.42. The van der Waals surface area contributed by atoms with E-state index in [1.165, 1.54) is 0 Å². The lowest BCUT2D eigenvalue weighted by Gasteiger charge is -2.13. The first-order chi connectivity index (χ1) is 13.2. The normalized spacial score (nSPS) is 10.5. The lowest BCUT2D eigenvalue weighted by molar-refractivity contribution is 0.292. The van der Waals surface area contributed by atoms with Crippen LogP contribution in [0.4, 0.5) is 0 Å². The van der Waals surface area contributed by atoms with Crippen molar-refractivity contribution in [1.29, 1.82) is 5.26 Å². The molecule has 132 valence electrons. The molecule has 3 aromatic carbocycles. The molecule has 1 aromatic heterocycles. The van der Waals surface area contributed by atoms with Crippen LogP contribution in [0.5, 0.6) is 17.2 Å². The summed E-state index contributed by atoms with van der Waals surface area (Å²) < 4.78 is 12.1. The molecule has 0 unspecified atom stereocenters. The predicted octanol–water partition coefficient (Wildman–Crippen LogP) is 6.06. The molecule has 27 heavy (non-hydrogen) atoms. The van der Waals surface area contributed by atoms with Crippen molar-refractivity contribution in [3.8, 4) is 23.3 Å². The minimum atomic E-state index is 0.439. The summed E-state index contributed by atoms with van der Waals surface area (Å²) in [5.41, 5.74) is 2.27. The summed E-state index contributed by atoms with van der Waals surface area (Å²) in [6.45, 7) is 0.439. The second kappa shape index (κ2) is 7.45. The Kier molecular flexibility index (Phi) is 4.69. The number of fused-ring (bicyclic) bond motifs is 1. The van der Waals surface area contributed by atoms with Crippen molar-refractivity contribution in [3.63, 3.8) is 0 Å². The van der Waals surface area contributed by atoms with E-state index in [0.717, 1.165) is 16.5 Å². The summed E-state index contributed by atoms with van der Waals surface area (Å²) in [7, 11) is 0. The molecule has 0 radical (unpaired) electrons. The van der Waals surface area contributed by atoms with E-state index in [1.807, 2.05) is 54.6 Å². The molecule has 0 aliphatic rings. The maximum atomic E-state index is 9.14. The third kappa shape index (κ3) is 3.74. The van der Waals surface area contributed by atoms with Gasteiger partial charge < -0.3 is 14.5 Å². The van der Waals surface area contributed by atoms with E-state index in [0.29, 0.717) is 34.6 Å². The van der Waals surface area contributed by atoms with E-state index in [1.54, 1.807) is 18.2 Å². The van der Waals surface area contributed by atoms with Gasteiger partial charge in [-0.25, -0.2) is 0 Å². The van der Waals surface area contributed by atoms with Crippen LogP contribution < -0.4 is 9.47 Å². The first-order valence-corrected chi connectivity index (χ1v) is 8.77. The minimum Gasteiger partial charge on any atom is -0.485 e. The lowest BCUT2D eigenvalue weighted by Crippen LogP contribution is -1.97. The van der Waals surface area contributed by atoms with E-state index in [4.69, 9.17) is 26.3 Å². The molecule has 0 aliphatic carbocycles. The average molecular weight is 375 g/mol. The van der Waals surface area contributed by atoms with Gasteiger partial charge in [-0.15, -0.1) is 0 Å². The first-order valence-electron chi connectivity index (χ1n) is 8.39. The quantitative estimate of drug-likeness (QED) is 0.461. The van der Waals surface area contributed by atoms with Gasteiger partial charge in [-0.1, -0.05) is 54.1 Å². The van der Waals surface area contributed by atoms with Gasteiger partial charge in [0.1, 0.15) is 24.1 Å². The average Bonchev–Trinajstić information content (AvgIpc) is 3.11. The number of rotatable bonds is 5. The Morgan fingerprint density at radius 3 is 2.41 bits per heavy atom. The zero-order valence-electron chi connectivity index (χ0n) is 14.3. The number of nitriles is 1. The van der Waals surface area contributed by atoms with Crippen LogP contribution in [0.25, 0.3) is 10.9 Å². The van der Waals surface area contributed by atoms with Crippen molar-refractivity contribution < 1.29 is 9.47 Å². The Balaban J connectivity index is 1.64.